The zero-order chi connectivity index (χ0) is 19.6. The second-order valence-corrected chi connectivity index (χ2v) is 5.99. The van der Waals surface area contributed by atoms with E-state index in [0.29, 0.717) is 5.75 Å². The van der Waals surface area contributed by atoms with Gasteiger partial charge in [0, 0.05) is 7.05 Å². The van der Waals surface area contributed by atoms with Gasteiger partial charge in [0.1, 0.15) is 18.1 Å². The van der Waals surface area contributed by atoms with Crippen molar-refractivity contribution in [3.8, 4) is 17.2 Å². The molecule has 0 spiro atoms. The van der Waals surface area contributed by atoms with Crippen molar-refractivity contribution < 1.29 is 18.3 Å². The molecule has 9 heteroatoms. The third-order valence-electron chi connectivity index (χ3n) is 3.99. The fourth-order valence-electron chi connectivity index (χ4n) is 2.58. The van der Waals surface area contributed by atoms with Crippen LogP contribution in [-0.2, 0) is 13.7 Å². The van der Waals surface area contributed by atoms with Crippen LogP contribution in [0, 0.1) is 13.8 Å². The van der Waals surface area contributed by atoms with Gasteiger partial charge in [-0.3, -0.25) is 0 Å². The molecule has 0 saturated heterocycles. The highest BCUT2D eigenvalue weighted by Crippen LogP contribution is 2.28. The molecule has 0 aliphatic heterocycles. The van der Waals surface area contributed by atoms with Crippen molar-refractivity contribution in [1.82, 2.24) is 19.8 Å². The first kappa shape index (κ1) is 18.6. The van der Waals surface area contributed by atoms with Gasteiger partial charge in [0.15, 0.2) is 0 Å². The van der Waals surface area contributed by atoms with Gasteiger partial charge in [-0.15, -0.1) is 0 Å². The predicted octanol–water partition coefficient (Wildman–Crippen LogP) is 2.76. The zero-order valence-electron chi connectivity index (χ0n) is 15.0. The Morgan fingerprint density at radius 1 is 1.11 bits per heavy atom. The molecule has 2 aromatic carbocycles. The van der Waals surface area contributed by atoms with Crippen molar-refractivity contribution in [2.24, 2.45) is 7.05 Å². The van der Waals surface area contributed by atoms with Crippen molar-refractivity contribution in [3.63, 3.8) is 0 Å². The Kier molecular flexibility index (Phi) is 5.20. The molecule has 0 fully saturated rings. The quantitative estimate of drug-likeness (QED) is 0.662. The fourth-order valence-corrected chi connectivity index (χ4v) is 2.58. The van der Waals surface area contributed by atoms with Crippen molar-refractivity contribution in [2.45, 2.75) is 27.1 Å². The lowest BCUT2D eigenvalue weighted by Crippen LogP contribution is -2.23. The third-order valence-corrected chi connectivity index (χ3v) is 3.99. The van der Waals surface area contributed by atoms with Gasteiger partial charge in [0.05, 0.1) is 11.3 Å². The minimum Gasteiger partial charge on any atom is -0.488 e. The van der Waals surface area contributed by atoms with E-state index in [0.717, 1.165) is 20.5 Å². The Morgan fingerprint density at radius 2 is 1.89 bits per heavy atom. The second-order valence-electron chi connectivity index (χ2n) is 5.99. The molecule has 0 aliphatic carbocycles. The molecule has 0 N–H and O–H groups in total. The molecular formula is C18H18F2N4O3. The number of hydrogen-bond donors (Lipinski definition) is 0. The summed E-state index contributed by atoms with van der Waals surface area (Å²) in [6.45, 7) is 0.694. The Labute approximate surface area is 153 Å². The van der Waals surface area contributed by atoms with Gasteiger partial charge in [-0.05, 0) is 53.6 Å². The van der Waals surface area contributed by atoms with Gasteiger partial charge in [-0.25, -0.2) is 4.79 Å². The molecule has 0 saturated carbocycles. The van der Waals surface area contributed by atoms with Gasteiger partial charge in [-0.2, -0.15) is 18.1 Å². The molecule has 1 heterocycles. The van der Waals surface area contributed by atoms with Crippen LogP contribution in [0.5, 0.6) is 11.5 Å². The van der Waals surface area contributed by atoms with Crippen LogP contribution < -0.4 is 15.2 Å². The monoisotopic (exact) mass is 376 g/mol. The van der Waals surface area contributed by atoms with Crippen molar-refractivity contribution >= 4 is 0 Å². The van der Waals surface area contributed by atoms with E-state index in [9.17, 15) is 13.6 Å². The Bertz CT molecular complexity index is 1010. The minimum absolute atomic E-state index is 0.0917. The molecule has 0 bridgehead atoms. The maximum atomic E-state index is 12.8. The van der Waals surface area contributed by atoms with E-state index in [2.05, 4.69) is 15.2 Å². The number of halogens is 2. The van der Waals surface area contributed by atoms with Crippen molar-refractivity contribution in [3.05, 3.63) is 63.6 Å². The highest BCUT2D eigenvalue weighted by atomic mass is 19.3. The summed E-state index contributed by atoms with van der Waals surface area (Å²) in [5.74, 6) is 0.518. The lowest BCUT2D eigenvalue weighted by molar-refractivity contribution is -0.0508. The predicted molar refractivity (Wildman–Crippen MR) is 93.5 cm³/mol. The van der Waals surface area contributed by atoms with Gasteiger partial charge < -0.3 is 9.47 Å². The third kappa shape index (κ3) is 3.97. The summed E-state index contributed by atoms with van der Waals surface area (Å²) < 4.78 is 38.2. The Balaban J connectivity index is 2.04. The Hall–Kier alpha value is -3.23. The molecule has 1 aromatic heterocycles. The van der Waals surface area contributed by atoms with E-state index in [4.69, 9.17) is 4.74 Å². The molecule has 0 aliphatic rings. The van der Waals surface area contributed by atoms with E-state index in [1.807, 2.05) is 32.0 Å². The van der Waals surface area contributed by atoms with Gasteiger partial charge in [0.2, 0.25) is 0 Å². The van der Waals surface area contributed by atoms with Crippen LogP contribution in [0.2, 0.25) is 0 Å². The van der Waals surface area contributed by atoms with E-state index in [1.54, 1.807) is 6.07 Å². The zero-order valence-corrected chi connectivity index (χ0v) is 15.0. The van der Waals surface area contributed by atoms with Crippen LogP contribution in [-0.4, -0.2) is 26.4 Å². The molecule has 0 atom stereocenters. The first-order valence-electron chi connectivity index (χ1n) is 8.13. The first-order chi connectivity index (χ1) is 12.9. The first-order valence-corrected chi connectivity index (χ1v) is 8.13. The summed E-state index contributed by atoms with van der Waals surface area (Å²) in [5, 5.41) is 7.43. The van der Waals surface area contributed by atoms with Crippen molar-refractivity contribution in [1.29, 1.82) is 0 Å². The van der Waals surface area contributed by atoms with E-state index in [1.165, 1.54) is 19.2 Å². The number of nitrogens with zero attached hydrogens (tertiary/aromatic N) is 4. The molecule has 142 valence electrons. The van der Waals surface area contributed by atoms with Crippen LogP contribution in [0.4, 0.5) is 8.78 Å². The summed E-state index contributed by atoms with van der Waals surface area (Å²) >= 11 is 0. The lowest BCUT2D eigenvalue weighted by atomic mass is 10.1. The maximum Gasteiger partial charge on any atom is 0.387 e. The average molecular weight is 376 g/mol. The molecule has 7 nitrogen and oxygen atoms in total. The van der Waals surface area contributed by atoms with Gasteiger partial charge in [-0.1, -0.05) is 18.2 Å². The molecular weight excluding hydrogens is 358 g/mol. The van der Waals surface area contributed by atoms with Gasteiger partial charge >= 0.3 is 12.3 Å². The maximum absolute atomic E-state index is 12.8. The molecule has 27 heavy (non-hydrogen) atoms. The Morgan fingerprint density at radius 3 is 2.56 bits per heavy atom. The van der Waals surface area contributed by atoms with Gasteiger partial charge in [0.25, 0.3) is 0 Å². The van der Waals surface area contributed by atoms with Crippen LogP contribution >= 0.6 is 0 Å². The van der Waals surface area contributed by atoms with Crippen LogP contribution in [0.15, 0.2) is 41.2 Å². The number of ether oxygens (including phenoxy) is 2. The standard InChI is InChI=1S/C18H18F2N4O3/c1-11-7-8-12(2)16(9-11)26-10-13-14(24-18(25)23(3)21-22-24)5-4-6-15(13)27-17(19)20/h4-9,17H,10H2,1-3H3. The number of hydrogen-bond acceptors (Lipinski definition) is 5. The number of tetrazole rings is 1. The number of aryl methyl sites for hydroxylation is 3. The van der Waals surface area contributed by atoms with Crippen molar-refractivity contribution in [2.75, 3.05) is 0 Å². The second kappa shape index (κ2) is 7.56. The summed E-state index contributed by atoms with van der Waals surface area (Å²) in [5.41, 5.74) is 1.90. The van der Waals surface area contributed by atoms with Crippen LogP contribution in [0.25, 0.3) is 5.69 Å². The smallest absolute Gasteiger partial charge is 0.387 e. The summed E-state index contributed by atoms with van der Waals surface area (Å²) in [4.78, 5) is 12.2. The molecule has 3 rings (SSSR count). The van der Waals surface area contributed by atoms with E-state index in [-0.39, 0.29) is 23.6 Å². The highest BCUT2D eigenvalue weighted by Gasteiger charge is 2.18. The minimum atomic E-state index is -3.02. The number of aromatic nitrogens is 4. The fraction of sp³-hybridized carbons (Fsp3) is 0.278. The molecule has 0 amide bonds. The highest BCUT2D eigenvalue weighted by molar-refractivity contribution is 5.49. The number of alkyl halides is 2. The average Bonchev–Trinajstić information content (AvgIpc) is 2.95. The molecule has 3 aromatic rings. The topological polar surface area (TPSA) is 71.2 Å². The van der Waals surface area contributed by atoms with Crippen LogP contribution in [0.3, 0.4) is 0 Å². The lowest BCUT2D eigenvalue weighted by Gasteiger charge is -2.16. The summed E-state index contributed by atoms with van der Waals surface area (Å²) in [6, 6.07) is 10.1. The molecule has 0 unspecified atom stereocenters. The summed E-state index contributed by atoms with van der Waals surface area (Å²) in [7, 11) is 1.44. The summed E-state index contributed by atoms with van der Waals surface area (Å²) in [6.07, 6.45) is 0. The largest absolute Gasteiger partial charge is 0.488 e. The molecule has 0 radical (unpaired) electrons. The SMILES string of the molecule is Cc1ccc(C)c(OCc2c(OC(F)F)cccc2-n2nnn(C)c2=O)c1. The van der Waals surface area contributed by atoms with E-state index >= 15 is 0 Å². The number of rotatable bonds is 6. The van der Waals surface area contributed by atoms with Crippen LogP contribution in [0.1, 0.15) is 16.7 Å². The normalized spacial score (nSPS) is 11.0. The van der Waals surface area contributed by atoms with E-state index < -0.39 is 12.3 Å². The number of benzene rings is 2.